The second-order valence-corrected chi connectivity index (χ2v) is 11.1. The zero-order chi connectivity index (χ0) is 28.8. The second kappa shape index (κ2) is 13.2. The number of carbonyl (C=O) groups is 3. The van der Waals surface area contributed by atoms with Crippen molar-refractivity contribution in [3.63, 3.8) is 0 Å². The van der Waals surface area contributed by atoms with Crippen LogP contribution in [-0.2, 0) is 29.0 Å². The lowest BCUT2D eigenvalue weighted by Gasteiger charge is -2.37. The maximum Gasteiger partial charge on any atom is 0.305 e. The molecule has 1 saturated heterocycles. The Morgan fingerprint density at radius 3 is 2.39 bits per heavy atom. The zero-order valence-electron chi connectivity index (χ0n) is 23.0. The standard InChI is InChI=1S/C32H35ClN4O4/c33-29-9-5-4-8-25(29)18-26(19-31(39)40)34-30(38)22-37-13-12-24-10-11-27(20-28(24)32(37)41)36-16-14-35(15-17-36)21-23-6-2-1-3-7-23/h1-11,20,26H,12-19,21-22H2,(H,34,38)(H,39,40)/t26-/m1/s1. The van der Waals surface area contributed by atoms with Crippen molar-refractivity contribution in [1.82, 2.24) is 15.1 Å². The molecule has 2 aliphatic heterocycles. The monoisotopic (exact) mass is 574 g/mol. The third-order valence-electron chi connectivity index (χ3n) is 7.79. The molecule has 2 N–H and O–H groups in total. The SMILES string of the molecule is O=C(O)C[C@@H](Cc1ccccc1Cl)NC(=O)CN1CCc2ccc(N3CCN(Cc4ccccc4)CC3)cc2C1=O. The molecule has 0 bridgehead atoms. The van der Waals surface area contributed by atoms with E-state index in [1.807, 2.05) is 30.3 Å². The summed E-state index contributed by atoms with van der Waals surface area (Å²) < 4.78 is 0. The molecule has 0 aromatic heterocycles. The van der Waals surface area contributed by atoms with Crippen molar-refractivity contribution in [2.24, 2.45) is 0 Å². The summed E-state index contributed by atoms with van der Waals surface area (Å²) in [5.41, 5.74) is 4.70. The Balaban J connectivity index is 1.19. The van der Waals surface area contributed by atoms with E-state index in [-0.39, 0.29) is 31.2 Å². The van der Waals surface area contributed by atoms with Crippen LogP contribution in [0.5, 0.6) is 0 Å². The van der Waals surface area contributed by atoms with Gasteiger partial charge in [0.05, 0.1) is 13.0 Å². The Morgan fingerprint density at radius 2 is 1.66 bits per heavy atom. The average molecular weight is 575 g/mol. The normalized spacial score (nSPS) is 16.3. The minimum Gasteiger partial charge on any atom is -0.481 e. The van der Waals surface area contributed by atoms with Crippen LogP contribution in [-0.4, -0.2) is 78.0 Å². The first-order chi connectivity index (χ1) is 19.9. The molecule has 0 radical (unpaired) electrons. The quantitative estimate of drug-likeness (QED) is 0.382. The number of aliphatic carboxylic acids is 1. The highest BCUT2D eigenvalue weighted by molar-refractivity contribution is 6.31. The van der Waals surface area contributed by atoms with E-state index in [2.05, 4.69) is 45.4 Å². The van der Waals surface area contributed by atoms with Gasteiger partial charge >= 0.3 is 5.97 Å². The number of anilines is 1. The van der Waals surface area contributed by atoms with E-state index in [0.717, 1.165) is 49.5 Å². The third-order valence-corrected chi connectivity index (χ3v) is 8.16. The van der Waals surface area contributed by atoms with Crippen LogP contribution in [0.2, 0.25) is 5.02 Å². The molecule has 9 heteroatoms. The summed E-state index contributed by atoms with van der Waals surface area (Å²) in [6.07, 6.45) is 0.712. The molecule has 1 fully saturated rings. The van der Waals surface area contributed by atoms with Gasteiger partial charge in [0.2, 0.25) is 5.91 Å². The van der Waals surface area contributed by atoms with Crippen molar-refractivity contribution in [2.45, 2.75) is 31.8 Å². The Labute approximate surface area is 245 Å². The lowest BCUT2D eigenvalue weighted by molar-refractivity contribution is -0.137. The molecular weight excluding hydrogens is 540 g/mol. The maximum absolute atomic E-state index is 13.4. The molecule has 2 aliphatic rings. The highest BCUT2D eigenvalue weighted by atomic mass is 35.5. The number of halogens is 1. The number of nitrogens with one attached hydrogen (secondary N) is 1. The molecule has 8 nitrogen and oxygen atoms in total. The maximum atomic E-state index is 13.4. The largest absolute Gasteiger partial charge is 0.481 e. The van der Waals surface area contributed by atoms with Crippen LogP contribution >= 0.6 is 11.6 Å². The highest BCUT2D eigenvalue weighted by Crippen LogP contribution is 2.26. The van der Waals surface area contributed by atoms with Crippen molar-refractivity contribution in [3.8, 4) is 0 Å². The van der Waals surface area contributed by atoms with Gasteiger partial charge in [0, 0.05) is 61.6 Å². The van der Waals surface area contributed by atoms with Gasteiger partial charge in [0.25, 0.3) is 5.91 Å². The first-order valence-electron chi connectivity index (χ1n) is 14.0. The molecule has 0 unspecified atom stereocenters. The number of fused-ring (bicyclic) bond motifs is 1. The van der Waals surface area contributed by atoms with Crippen LogP contribution in [0, 0.1) is 0 Å². The summed E-state index contributed by atoms with van der Waals surface area (Å²) in [4.78, 5) is 44.2. The van der Waals surface area contributed by atoms with Gasteiger partial charge in [0.1, 0.15) is 0 Å². The second-order valence-electron chi connectivity index (χ2n) is 10.7. The first-order valence-corrected chi connectivity index (χ1v) is 14.4. The van der Waals surface area contributed by atoms with E-state index in [1.54, 1.807) is 17.0 Å². The summed E-state index contributed by atoms with van der Waals surface area (Å²) in [5, 5.41) is 12.7. The van der Waals surface area contributed by atoms with E-state index < -0.39 is 12.0 Å². The number of hydrogen-bond acceptors (Lipinski definition) is 5. The van der Waals surface area contributed by atoms with Crippen molar-refractivity contribution in [3.05, 3.63) is 100 Å². The Bertz CT molecular complexity index is 1390. The predicted octanol–water partition coefficient (Wildman–Crippen LogP) is 3.86. The fourth-order valence-electron chi connectivity index (χ4n) is 5.62. The van der Waals surface area contributed by atoms with Crippen LogP contribution in [0.25, 0.3) is 0 Å². The molecule has 41 heavy (non-hydrogen) atoms. The molecule has 3 aromatic rings. The molecular formula is C32H35ClN4O4. The Morgan fingerprint density at radius 1 is 0.927 bits per heavy atom. The summed E-state index contributed by atoms with van der Waals surface area (Å²) in [5.74, 6) is -1.57. The number of carbonyl (C=O) groups excluding carboxylic acids is 2. The third kappa shape index (κ3) is 7.45. The molecule has 2 heterocycles. The van der Waals surface area contributed by atoms with Crippen LogP contribution in [0.3, 0.4) is 0 Å². The number of nitrogens with zero attached hydrogens (tertiary/aromatic N) is 3. The fraction of sp³-hybridized carbons (Fsp3) is 0.344. The van der Waals surface area contributed by atoms with Crippen LogP contribution in [0.4, 0.5) is 5.69 Å². The van der Waals surface area contributed by atoms with Gasteiger partial charge in [-0.15, -0.1) is 0 Å². The van der Waals surface area contributed by atoms with Gasteiger partial charge in [-0.2, -0.15) is 0 Å². The number of carboxylic acid groups (broad SMARTS) is 1. The van der Waals surface area contributed by atoms with Crippen molar-refractivity contribution in [1.29, 1.82) is 0 Å². The van der Waals surface area contributed by atoms with Gasteiger partial charge < -0.3 is 20.2 Å². The number of hydrogen-bond donors (Lipinski definition) is 2. The van der Waals surface area contributed by atoms with E-state index in [1.165, 1.54) is 5.56 Å². The topological polar surface area (TPSA) is 93.2 Å². The van der Waals surface area contributed by atoms with Crippen molar-refractivity contribution >= 4 is 35.1 Å². The van der Waals surface area contributed by atoms with E-state index in [9.17, 15) is 19.5 Å². The molecule has 3 aromatic carbocycles. The number of piperazine rings is 1. The molecule has 0 saturated carbocycles. The van der Waals surface area contributed by atoms with E-state index >= 15 is 0 Å². The summed E-state index contributed by atoms with van der Waals surface area (Å²) in [6, 6.07) is 23.1. The minimum absolute atomic E-state index is 0.126. The average Bonchev–Trinajstić information content (AvgIpc) is 2.96. The predicted molar refractivity (Wildman–Crippen MR) is 159 cm³/mol. The summed E-state index contributed by atoms with van der Waals surface area (Å²) in [7, 11) is 0. The molecule has 1 atom stereocenters. The van der Waals surface area contributed by atoms with Gasteiger partial charge in [0.15, 0.2) is 0 Å². The van der Waals surface area contributed by atoms with E-state index in [4.69, 9.17) is 11.6 Å². The van der Waals surface area contributed by atoms with Crippen molar-refractivity contribution in [2.75, 3.05) is 44.2 Å². The molecule has 0 spiro atoms. The zero-order valence-corrected chi connectivity index (χ0v) is 23.7. The summed E-state index contributed by atoms with van der Waals surface area (Å²) in [6.45, 7) is 4.88. The number of amides is 2. The van der Waals surface area contributed by atoms with Gasteiger partial charge in [-0.25, -0.2) is 0 Å². The van der Waals surface area contributed by atoms with Crippen LogP contribution in [0.15, 0.2) is 72.8 Å². The summed E-state index contributed by atoms with van der Waals surface area (Å²) >= 11 is 6.25. The Hall–Kier alpha value is -3.88. The van der Waals surface area contributed by atoms with Crippen LogP contribution < -0.4 is 10.2 Å². The number of rotatable bonds is 10. The smallest absolute Gasteiger partial charge is 0.305 e. The van der Waals surface area contributed by atoms with Gasteiger partial charge in [-0.05, 0) is 47.7 Å². The minimum atomic E-state index is -1.02. The Kier molecular flexibility index (Phi) is 9.21. The van der Waals surface area contributed by atoms with Crippen LogP contribution in [0.1, 0.15) is 33.5 Å². The number of benzene rings is 3. The lowest BCUT2D eigenvalue weighted by Crippen LogP contribution is -2.48. The lowest BCUT2D eigenvalue weighted by atomic mass is 9.97. The first kappa shape index (κ1) is 28.6. The molecule has 0 aliphatic carbocycles. The van der Waals surface area contributed by atoms with Crippen molar-refractivity contribution < 1.29 is 19.5 Å². The molecule has 2 amide bonds. The molecule has 5 rings (SSSR count). The van der Waals surface area contributed by atoms with Gasteiger partial charge in [-0.3, -0.25) is 19.3 Å². The van der Waals surface area contributed by atoms with E-state index in [0.29, 0.717) is 23.6 Å². The van der Waals surface area contributed by atoms with Gasteiger partial charge in [-0.1, -0.05) is 66.2 Å². The fourth-order valence-corrected chi connectivity index (χ4v) is 5.84. The molecule has 214 valence electrons. The number of carboxylic acids is 1. The highest BCUT2D eigenvalue weighted by Gasteiger charge is 2.28.